The summed E-state index contributed by atoms with van der Waals surface area (Å²) in [6.07, 6.45) is 2.00. The van der Waals surface area contributed by atoms with Gasteiger partial charge >= 0.3 is 14.7 Å². The molecule has 2 aromatic carbocycles. The monoisotopic (exact) mass is 583 g/mol. The summed E-state index contributed by atoms with van der Waals surface area (Å²) in [6.45, 7) is 24.0. The highest BCUT2D eigenvalue weighted by Crippen LogP contribution is 2.54. The summed E-state index contributed by atoms with van der Waals surface area (Å²) in [4.78, 5) is 12.9. The Hall–Kier alpha value is -2.35. The number of hydrogen-bond donors (Lipinski definition) is 1. The molecule has 1 amide bonds. The van der Waals surface area contributed by atoms with E-state index < -0.39 is 25.8 Å². The van der Waals surface area contributed by atoms with Crippen molar-refractivity contribution in [2.45, 2.75) is 123 Å². The third kappa shape index (κ3) is 8.59. The maximum absolute atomic E-state index is 12.9. The fraction of sp³-hybridized carbons (Fsp3) is 0.618. The molecule has 0 aliphatic carbocycles. The molecule has 1 fully saturated rings. The number of nitrogens with one attached hydrogen (secondary N) is 1. The minimum atomic E-state index is -2.63. The van der Waals surface area contributed by atoms with Crippen LogP contribution in [0.15, 0.2) is 48.5 Å². The number of aryl methyl sites for hydroxylation is 1. The minimum Gasteiger partial charge on any atom is -0.457 e. The molecule has 3 rings (SSSR count). The van der Waals surface area contributed by atoms with Gasteiger partial charge in [-0.2, -0.15) is 0 Å². The lowest BCUT2D eigenvalue weighted by Gasteiger charge is -2.55. The van der Waals surface area contributed by atoms with E-state index in [4.69, 9.17) is 18.3 Å². The lowest BCUT2D eigenvalue weighted by atomic mass is 9.93. The van der Waals surface area contributed by atoms with Gasteiger partial charge in [0.15, 0.2) is 0 Å². The average molecular weight is 584 g/mol. The van der Waals surface area contributed by atoms with E-state index in [1.165, 1.54) is 11.1 Å². The molecule has 41 heavy (non-hydrogen) atoms. The molecule has 228 valence electrons. The molecule has 1 heterocycles. The number of hydrogen-bond acceptors (Lipinski definition) is 5. The predicted molar refractivity (Wildman–Crippen MR) is 169 cm³/mol. The first-order valence-electron chi connectivity index (χ1n) is 15.0. The van der Waals surface area contributed by atoms with Crippen molar-refractivity contribution in [3.8, 4) is 11.5 Å². The van der Waals surface area contributed by atoms with Crippen molar-refractivity contribution in [3.05, 3.63) is 59.7 Å². The van der Waals surface area contributed by atoms with Crippen LogP contribution in [0.5, 0.6) is 11.5 Å². The molecule has 2 aromatic rings. The summed E-state index contributed by atoms with van der Waals surface area (Å²) < 4.78 is 25.3. The highest BCUT2D eigenvalue weighted by Gasteiger charge is 2.62. The van der Waals surface area contributed by atoms with E-state index in [0.717, 1.165) is 24.3 Å². The zero-order chi connectivity index (χ0) is 30.7. The SMILES string of the molecule is CC(C)c1cccc(Oc2ccc(CCCC3(NC(=O)OC(C)(C)C)CO[Si](C(C)(C)C)(C(C)(C)C)OC3)cc2)c1. The second kappa shape index (κ2) is 12.5. The normalized spacial score (nSPS) is 17.3. The minimum absolute atomic E-state index is 0.122. The number of amides is 1. The Morgan fingerprint density at radius 1 is 0.902 bits per heavy atom. The average Bonchev–Trinajstić information content (AvgIpc) is 2.83. The second-order valence-corrected chi connectivity index (χ2v) is 19.7. The van der Waals surface area contributed by atoms with E-state index in [0.29, 0.717) is 25.6 Å². The molecule has 1 N–H and O–H groups in total. The van der Waals surface area contributed by atoms with Gasteiger partial charge in [-0.15, -0.1) is 0 Å². The van der Waals surface area contributed by atoms with Crippen LogP contribution in [0, 0.1) is 0 Å². The van der Waals surface area contributed by atoms with E-state index in [1.807, 2.05) is 45.0 Å². The van der Waals surface area contributed by atoms with Crippen molar-refractivity contribution in [3.63, 3.8) is 0 Å². The van der Waals surface area contributed by atoms with Crippen LogP contribution < -0.4 is 10.1 Å². The van der Waals surface area contributed by atoms with Gasteiger partial charge in [0.2, 0.25) is 0 Å². The molecule has 0 atom stereocenters. The molecule has 0 saturated carbocycles. The summed E-state index contributed by atoms with van der Waals surface area (Å²) in [6, 6.07) is 16.5. The number of carbonyl (C=O) groups excluding carboxylic acids is 1. The van der Waals surface area contributed by atoms with Gasteiger partial charge in [0.1, 0.15) is 17.1 Å². The Bertz CT molecular complexity index is 1130. The van der Waals surface area contributed by atoms with Crippen molar-refractivity contribution in [1.82, 2.24) is 5.32 Å². The first kappa shape index (κ1) is 33.2. The number of rotatable bonds is 8. The number of alkyl carbamates (subject to hydrolysis) is 1. The molecule has 1 aliphatic heterocycles. The Balaban J connectivity index is 1.69. The third-order valence-electron chi connectivity index (χ3n) is 7.65. The molecule has 7 heteroatoms. The van der Waals surface area contributed by atoms with Gasteiger partial charge in [-0.05, 0) is 81.3 Å². The summed E-state index contributed by atoms with van der Waals surface area (Å²) >= 11 is 0. The molecule has 0 unspecified atom stereocenters. The first-order valence-corrected chi connectivity index (χ1v) is 16.8. The van der Waals surface area contributed by atoms with Gasteiger partial charge in [0.05, 0.1) is 18.8 Å². The van der Waals surface area contributed by atoms with Gasteiger partial charge in [-0.3, -0.25) is 0 Å². The molecule has 1 saturated heterocycles. The van der Waals surface area contributed by atoms with E-state index in [1.54, 1.807) is 0 Å². The maximum atomic E-state index is 12.9. The Morgan fingerprint density at radius 2 is 1.49 bits per heavy atom. The molecular weight excluding hydrogens is 530 g/mol. The van der Waals surface area contributed by atoms with Crippen molar-refractivity contribution in [2.24, 2.45) is 0 Å². The Labute approximate surface area is 249 Å². The van der Waals surface area contributed by atoms with Crippen molar-refractivity contribution < 1.29 is 23.1 Å². The second-order valence-electron chi connectivity index (χ2n) is 14.9. The van der Waals surface area contributed by atoms with Crippen LogP contribution in [-0.2, 0) is 20.0 Å². The molecule has 0 bridgehead atoms. The van der Waals surface area contributed by atoms with Crippen LogP contribution in [-0.4, -0.2) is 39.0 Å². The van der Waals surface area contributed by atoms with Crippen LogP contribution >= 0.6 is 0 Å². The van der Waals surface area contributed by atoms with Crippen molar-refractivity contribution >= 4 is 14.7 Å². The predicted octanol–water partition coefficient (Wildman–Crippen LogP) is 9.28. The molecule has 0 spiro atoms. The number of ether oxygens (including phenoxy) is 2. The lowest BCUT2D eigenvalue weighted by Crippen LogP contribution is -2.69. The molecular formula is C34H53NO5Si. The van der Waals surface area contributed by atoms with Crippen molar-refractivity contribution in [1.29, 1.82) is 0 Å². The van der Waals surface area contributed by atoms with Crippen molar-refractivity contribution in [2.75, 3.05) is 13.2 Å². The fourth-order valence-electron chi connectivity index (χ4n) is 5.78. The number of carbonyl (C=O) groups is 1. The molecule has 0 aromatic heterocycles. The summed E-state index contributed by atoms with van der Waals surface area (Å²) in [5.41, 5.74) is 1.23. The zero-order valence-electron chi connectivity index (χ0n) is 27.3. The quantitative estimate of drug-likeness (QED) is 0.314. The molecule has 0 radical (unpaired) electrons. The van der Waals surface area contributed by atoms with Gasteiger partial charge in [-0.25, -0.2) is 4.79 Å². The zero-order valence-corrected chi connectivity index (χ0v) is 28.3. The summed E-state index contributed by atoms with van der Waals surface area (Å²) in [5.74, 6) is 2.12. The standard InChI is InChI=1S/C34H53NO5Si/c1-25(2)27-15-12-16-29(22-27)39-28-19-17-26(18-20-28)14-13-21-34(35-30(36)40-31(3,4)5)23-37-41(38-24-34,32(6,7)8)33(9,10)11/h12,15-20,22,25H,13-14,21,23-24H2,1-11H3,(H,35,36). The fourth-order valence-corrected chi connectivity index (χ4v) is 10.8. The van der Waals surface area contributed by atoms with E-state index in [9.17, 15) is 4.79 Å². The van der Waals surface area contributed by atoms with Crippen LogP contribution in [0.4, 0.5) is 4.79 Å². The summed E-state index contributed by atoms with van der Waals surface area (Å²) in [5, 5.41) is 2.91. The highest BCUT2D eigenvalue weighted by atomic mass is 28.4. The topological polar surface area (TPSA) is 66.0 Å². The molecule has 6 nitrogen and oxygen atoms in total. The Morgan fingerprint density at radius 3 is 2.00 bits per heavy atom. The molecule has 1 aliphatic rings. The van der Waals surface area contributed by atoms with E-state index in [-0.39, 0.29) is 10.1 Å². The summed E-state index contributed by atoms with van der Waals surface area (Å²) in [7, 11) is -2.63. The number of benzene rings is 2. The van der Waals surface area contributed by atoms with Crippen LogP contribution in [0.2, 0.25) is 10.1 Å². The maximum Gasteiger partial charge on any atom is 0.408 e. The lowest BCUT2D eigenvalue weighted by molar-refractivity contribution is -0.0152. The van der Waals surface area contributed by atoms with Gasteiger partial charge in [-0.1, -0.05) is 79.7 Å². The van der Waals surface area contributed by atoms with Gasteiger partial charge in [0.25, 0.3) is 0 Å². The van der Waals surface area contributed by atoms with E-state index >= 15 is 0 Å². The highest BCUT2D eigenvalue weighted by molar-refractivity contribution is 6.73. The van der Waals surface area contributed by atoms with E-state index in [2.05, 4.69) is 85.0 Å². The first-order chi connectivity index (χ1) is 18.8. The van der Waals surface area contributed by atoms with Gasteiger partial charge in [0, 0.05) is 10.1 Å². The van der Waals surface area contributed by atoms with Crippen LogP contribution in [0.3, 0.4) is 0 Å². The van der Waals surface area contributed by atoms with Gasteiger partial charge < -0.3 is 23.6 Å². The Kier molecular flexibility index (Phi) is 10.1. The van der Waals surface area contributed by atoms with Crippen LogP contribution in [0.25, 0.3) is 0 Å². The van der Waals surface area contributed by atoms with Crippen LogP contribution in [0.1, 0.15) is 106 Å². The smallest absolute Gasteiger partial charge is 0.408 e. The third-order valence-corrected chi connectivity index (χ3v) is 12.7. The largest absolute Gasteiger partial charge is 0.457 e.